The van der Waals surface area contributed by atoms with E-state index in [1.54, 1.807) is 32.9 Å². The maximum absolute atomic E-state index is 12.7. The molecule has 0 aromatic carbocycles. The summed E-state index contributed by atoms with van der Waals surface area (Å²) in [6.45, 7) is 7.54. The van der Waals surface area contributed by atoms with Crippen LogP contribution in [0.4, 0.5) is 0 Å². The first-order valence-electron chi connectivity index (χ1n) is 8.39. The first-order valence-corrected chi connectivity index (χ1v) is 8.39. The Hall–Kier alpha value is -2.22. The minimum atomic E-state index is -1.15. The molecule has 0 radical (unpaired) electrons. The molecule has 3 rings (SSSR count). The van der Waals surface area contributed by atoms with Gasteiger partial charge in [0, 0.05) is 25.3 Å². The van der Waals surface area contributed by atoms with E-state index in [2.05, 4.69) is 15.4 Å². The molecule has 2 aromatic heterocycles. The topological polar surface area (TPSA) is 89.1 Å². The molecule has 0 spiro atoms. The Kier molecular flexibility index (Phi) is 4.40. The molecule has 8 heteroatoms. The predicted octanol–water partition coefficient (Wildman–Crippen LogP) is 1.20. The molecule has 0 aliphatic carbocycles. The number of hydrogen-bond acceptors (Lipinski definition) is 5. The first kappa shape index (κ1) is 16.6. The standard InChI is InChI=1S/C16H24N6O2/c1-4-21-9-13(8-17-21)15(23)20-7-5-6-16(24,11-20)14-10-22(12(2)3)19-18-14/h8-10,12,24H,4-7,11H2,1-3H3. The van der Waals surface area contributed by atoms with Crippen LogP contribution in [0.1, 0.15) is 55.7 Å². The summed E-state index contributed by atoms with van der Waals surface area (Å²) in [5.74, 6) is -0.107. The first-order chi connectivity index (χ1) is 11.4. The van der Waals surface area contributed by atoms with Crippen LogP contribution in [-0.2, 0) is 12.1 Å². The zero-order valence-corrected chi connectivity index (χ0v) is 14.4. The van der Waals surface area contributed by atoms with E-state index in [0.29, 0.717) is 24.2 Å². The Bertz CT molecular complexity index is 722. The number of carbonyl (C=O) groups is 1. The van der Waals surface area contributed by atoms with Gasteiger partial charge in [0.2, 0.25) is 0 Å². The lowest BCUT2D eigenvalue weighted by Crippen LogP contribution is -2.48. The highest BCUT2D eigenvalue weighted by molar-refractivity contribution is 5.93. The fourth-order valence-corrected chi connectivity index (χ4v) is 2.99. The molecule has 1 N–H and O–H groups in total. The van der Waals surface area contributed by atoms with Gasteiger partial charge in [0.25, 0.3) is 5.91 Å². The summed E-state index contributed by atoms with van der Waals surface area (Å²) in [5.41, 5.74) is -0.0770. The summed E-state index contributed by atoms with van der Waals surface area (Å²) >= 11 is 0. The van der Waals surface area contributed by atoms with Gasteiger partial charge in [0.15, 0.2) is 0 Å². The van der Waals surface area contributed by atoms with Crippen molar-refractivity contribution in [3.05, 3.63) is 29.8 Å². The summed E-state index contributed by atoms with van der Waals surface area (Å²) in [6, 6.07) is 0.177. The summed E-state index contributed by atoms with van der Waals surface area (Å²) in [6.07, 6.45) is 6.38. The fourth-order valence-electron chi connectivity index (χ4n) is 2.99. The molecular formula is C16H24N6O2. The molecule has 1 unspecified atom stereocenters. The Morgan fingerprint density at radius 1 is 1.42 bits per heavy atom. The molecule has 1 atom stereocenters. The van der Waals surface area contributed by atoms with Crippen LogP contribution in [0.5, 0.6) is 0 Å². The van der Waals surface area contributed by atoms with Crippen molar-refractivity contribution in [3.8, 4) is 0 Å². The predicted molar refractivity (Wildman–Crippen MR) is 87.3 cm³/mol. The van der Waals surface area contributed by atoms with Crippen LogP contribution in [0.25, 0.3) is 0 Å². The quantitative estimate of drug-likeness (QED) is 0.909. The van der Waals surface area contributed by atoms with Crippen molar-refractivity contribution in [2.45, 2.75) is 51.8 Å². The van der Waals surface area contributed by atoms with Gasteiger partial charge in [0.1, 0.15) is 11.3 Å². The molecular weight excluding hydrogens is 308 g/mol. The largest absolute Gasteiger partial charge is 0.382 e. The highest BCUT2D eigenvalue weighted by atomic mass is 16.3. The number of aryl methyl sites for hydroxylation is 1. The van der Waals surface area contributed by atoms with Gasteiger partial charge in [0.05, 0.1) is 24.5 Å². The molecule has 0 bridgehead atoms. The zero-order valence-electron chi connectivity index (χ0n) is 14.4. The van der Waals surface area contributed by atoms with E-state index >= 15 is 0 Å². The van der Waals surface area contributed by atoms with Crippen LogP contribution in [0, 0.1) is 0 Å². The number of aliphatic hydroxyl groups is 1. The van der Waals surface area contributed by atoms with Gasteiger partial charge in [-0.2, -0.15) is 5.10 Å². The maximum Gasteiger partial charge on any atom is 0.257 e. The molecule has 24 heavy (non-hydrogen) atoms. The number of β-amino-alcohol motifs (C(OH)–C–C–N with tert-alkyl or cyclic N) is 1. The fraction of sp³-hybridized carbons (Fsp3) is 0.625. The molecule has 1 amide bonds. The third-order valence-electron chi connectivity index (χ3n) is 4.48. The summed E-state index contributed by atoms with van der Waals surface area (Å²) in [7, 11) is 0. The molecule has 2 aromatic rings. The average molecular weight is 332 g/mol. The molecule has 0 saturated carbocycles. The van der Waals surface area contributed by atoms with Gasteiger partial charge >= 0.3 is 0 Å². The highest BCUT2D eigenvalue weighted by Crippen LogP contribution is 2.31. The van der Waals surface area contributed by atoms with Crippen molar-refractivity contribution in [1.29, 1.82) is 0 Å². The van der Waals surface area contributed by atoms with E-state index in [4.69, 9.17) is 0 Å². The number of likely N-dealkylation sites (tertiary alicyclic amines) is 1. The lowest BCUT2D eigenvalue weighted by molar-refractivity contribution is -0.0320. The SMILES string of the molecule is CCn1cc(C(=O)N2CCCC(O)(c3cn(C(C)C)nn3)C2)cn1. The van der Waals surface area contributed by atoms with Crippen LogP contribution in [0.2, 0.25) is 0 Å². The van der Waals surface area contributed by atoms with Gasteiger partial charge in [-0.25, -0.2) is 4.68 Å². The van der Waals surface area contributed by atoms with Crippen LogP contribution >= 0.6 is 0 Å². The minimum absolute atomic E-state index is 0.107. The lowest BCUT2D eigenvalue weighted by atomic mass is 9.89. The monoisotopic (exact) mass is 332 g/mol. The maximum atomic E-state index is 12.7. The van der Waals surface area contributed by atoms with E-state index < -0.39 is 5.60 Å². The van der Waals surface area contributed by atoms with Crippen molar-refractivity contribution < 1.29 is 9.90 Å². The molecule has 1 aliphatic heterocycles. The van der Waals surface area contributed by atoms with Crippen LogP contribution in [-0.4, -0.2) is 53.8 Å². The number of carbonyl (C=O) groups excluding carboxylic acids is 1. The second-order valence-electron chi connectivity index (χ2n) is 6.62. The van der Waals surface area contributed by atoms with E-state index in [0.717, 1.165) is 13.0 Å². The number of aromatic nitrogens is 5. The number of hydrogen-bond donors (Lipinski definition) is 1. The number of nitrogens with zero attached hydrogens (tertiary/aromatic N) is 6. The van der Waals surface area contributed by atoms with E-state index in [-0.39, 0.29) is 18.5 Å². The van der Waals surface area contributed by atoms with Crippen molar-refractivity contribution in [2.24, 2.45) is 0 Å². The number of amides is 1. The van der Waals surface area contributed by atoms with E-state index in [1.165, 1.54) is 0 Å². The Morgan fingerprint density at radius 3 is 2.83 bits per heavy atom. The summed E-state index contributed by atoms with van der Waals surface area (Å²) in [4.78, 5) is 14.4. The minimum Gasteiger partial charge on any atom is -0.382 e. The highest BCUT2D eigenvalue weighted by Gasteiger charge is 2.39. The van der Waals surface area contributed by atoms with Gasteiger partial charge in [-0.3, -0.25) is 9.48 Å². The molecule has 1 aliphatic rings. The molecule has 1 saturated heterocycles. The van der Waals surface area contributed by atoms with Gasteiger partial charge in [-0.05, 0) is 33.6 Å². The lowest BCUT2D eigenvalue weighted by Gasteiger charge is -2.37. The third kappa shape index (κ3) is 3.06. The average Bonchev–Trinajstić information content (AvgIpc) is 3.23. The molecule has 3 heterocycles. The van der Waals surface area contributed by atoms with Crippen LogP contribution < -0.4 is 0 Å². The van der Waals surface area contributed by atoms with Crippen LogP contribution in [0.15, 0.2) is 18.6 Å². The Morgan fingerprint density at radius 2 is 2.21 bits per heavy atom. The Balaban J connectivity index is 1.78. The second-order valence-corrected chi connectivity index (χ2v) is 6.62. The molecule has 1 fully saturated rings. The van der Waals surface area contributed by atoms with Crippen molar-refractivity contribution in [1.82, 2.24) is 29.7 Å². The van der Waals surface area contributed by atoms with Crippen molar-refractivity contribution >= 4 is 5.91 Å². The number of piperidine rings is 1. The van der Waals surface area contributed by atoms with Crippen LogP contribution in [0.3, 0.4) is 0 Å². The van der Waals surface area contributed by atoms with Gasteiger partial charge in [-0.1, -0.05) is 5.21 Å². The summed E-state index contributed by atoms with van der Waals surface area (Å²) < 4.78 is 3.44. The van der Waals surface area contributed by atoms with Gasteiger partial charge < -0.3 is 10.0 Å². The molecule has 130 valence electrons. The normalized spacial score (nSPS) is 21.5. The zero-order chi connectivity index (χ0) is 17.3. The Labute approximate surface area is 141 Å². The van der Waals surface area contributed by atoms with E-state index in [1.807, 2.05) is 20.8 Å². The summed E-state index contributed by atoms with van der Waals surface area (Å²) in [5, 5.41) is 23.4. The number of rotatable bonds is 4. The smallest absolute Gasteiger partial charge is 0.257 e. The second kappa shape index (κ2) is 6.35. The van der Waals surface area contributed by atoms with Gasteiger partial charge in [-0.15, -0.1) is 5.10 Å². The molecule has 8 nitrogen and oxygen atoms in total. The van der Waals surface area contributed by atoms with Crippen molar-refractivity contribution in [2.75, 3.05) is 13.1 Å². The van der Waals surface area contributed by atoms with E-state index in [9.17, 15) is 9.90 Å². The van der Waals surface area contributed by atoms with Crippen molar-refractivity contribution in [3.63, 3.8) is 0 Å². The third-order valence-corrected chi connectivity index (χ3v) is 4.48.